The van der Waals surface area contributed by atoms with Crippen LogP contribution in [0.25, 0.3) is 0 Å². The maximum absolute atomic E-state index is 13.6. The Morgan fingerprint density at radius 3 is 2.72 bits per heavy atom. The molecule has 156 valence electrons. The third kappa shape index (κ3) is 4.15. The van der Waals surface area contributed by atoms with E-state index in [4.69, 9.17) is 4.42 Å². The van der Waals surface area contributed by atoms with Gasteiger partial charge in [0, 0.05) is 39.3 Å². The van der Waals surface area contributed by atoms with Gasteiger partial charge in [0.15, 0.2) is 0 Å². The lowest BCUT2D eigenvalue weighted by Gasteiger charge is -2.38. The minimum atomic E-state index is -0.183. The number of amides is 1. The highest BCUT2D eigenvalue weighted by Crippen LogP contribution is 2.39. The van der Waals surface area contributed by atoms with Crippen LogP contribution in [-0.2, 0) is 6.54 Å². The predicted octanol–water partition coefficient (Wildman–Crippen LogP) is 3.54. The molecule has 2 fully saturated rings. The summed E-state index contributed by atoms with van der Waals surface area (Å²) >= 11 is 0. The fourth-order valence-corrected chi connectivity index (χ4v) is 4.77. The first-order valence-corrected chi connectivity index (χ1v) is 10.4. The molecule has 0 saturated carbocycles. The first-order chi connectivity index (χ1) is 14.0. The Morgan fingerprint density at radius 1 is 1.21 bits per heavy atom. The molecule has 29 heavy (non-hydrogen) atoms. The molecule has 1 atom stereocenters. The lowest BCUT2D eigenvalue weighted by Crippen LogP contribution is -2.44. The molecule has 0 unspecified atom stereocenters. The van der Waals surface area contributed by atoms with Gasteiger partial charge in [0.2, 0.25) is 5.76 Å². The van der Waals surface area contributed by atoms with E-state index in [1.165, 1.54) is 12.3 Å². The summed E-state index contributed by atoms with van der Waals surface area (Å²) in [4.78, 5) is 23.2. The Hall–Kier alpha value is -2.41. The summed E-state index contributed by atoms with van der Waals surface area (Å²) in [7, 11) is 3.67. The first-order valence-electron chi connectivity index (χ1n) is 10.4. The molecule has 1 aromatic heterocycles. The normalized spacial score (nSPS) is 22.8. The number of hydrogen-bond donors (Lipinski definition) is 0. The number of oxazole rings is 1. The quantitative estimate of drug-likeness (QED) is 0.786. The molecule has 2 aliphatic rings. The molecule has 0 radical (unpaired) electrons. The van der Waals surface area contributed by atoms with Crippen LogP contribution in [-0.4, -0.2) is 60.0 Å². The van der Waals surface area contributed by atoms with Crippen LogP contribution in [0.4, 0.5) is 10.4 Å². The van der Waals surface area contributed by atoms with Crippen molar-refractivity contribution in [1.29, 1.82) is 0 Å². The molecule has 2 saturated heterocycles. The van der Waals surface area contributed by atoms with Crippen molar-refractivity contribution in [3.05, 3.63) is 47.6 Å². The third-order valence-corrected chi connectivity index (χ3v) is 6.29. The van der Waals surface area contributed by atoms with E-state index in [0.717, 1.165) is 57.3 Å². The average molecular weight is 400 g/mol. The summed E-state index contributed by atoms with van der Waals surface area (Å²) in [5, 5.41) is 0. The van der Waals surface area contributed by atoms with Crippen molar-refractivity contribution in [2.75, 3.05) is 38.6 Å². The molecular weight excluding hydrogens is 371 g/mol. The molecule has 2 aliphatic heterocycles. The molecule has 7 heteroatoms. The Bertz CT molecular complexity index is 868. The molecule has 1 spiro atoms. The summed E-state index contributed by atoms with van der Waals surface area (Å²) in [6, 6.07) is 7.33. The van der Waals surface area contributed by atoms with Gasteiger partial charge in [-0.2, -0.15) is 0 Å². The van der Waals surface area contributed by atoms with Crippen molar-refractivity contribution in [2.24, 2.45) is 0 Å². The predicted molar refractivity (Wildman–Crippen MR) is 109 cm³/mol. The number of likely N-dealkylation sites (tertiary alicyclic amines) is 2. The zero-order valence-corrected chi connectivity index (χ0v) is 17.2. The van der Waals surface area contributed by atoms with Gasteiger partial charge in [-0.25, -0.2) is 9.37 Å². The highest BCUT2D eigenvalue weighted by Gasteiger charge is 2.42. The number of aromatic nitrogens is 1. The number of nitrogens with zero attached hydrogens (tertiary/aromatic N) is 4. The van der Waals surface area contributed by atoms with E-state index >= 15 is 0 Å². The van der Waals surface area contributed by atoms with Gasteiger partial charge in [0.05, 0.1) is 6.20 Å². The van der Waals surface area contributed by atoms with Crippen LogP contribution in [0.5, 0.6) is 0 Å². The number of hydrogen-bond acceptors (Lipinski definition) is 5. The van der Waals surface area contributed by atoms with E-state index in [9.17, 15) is 9.18 Å². The molecule has 6 nitrogen and oxygen atoms in total. The fourth-order valence-electron chi connectivity index (χ4n) is 4.77. The Kier molecular flexibility index (Phi) is 5.58. The number of anilines is 1. The molecule has 0 N–H and O–H groups in total. The molecule has 2 aromatic rings. The molecule has 1 aromatic carbocycles. The van der Waals surface area contributed by atoms with Crippen molar-refractivity contribution < 1.29 is 13.6 Å². The Balaban J connectivity index is 1.44. The van der Waals surface area contributed by atoms with E-state index < -0.39 is 0 Å². The number of rotatable bonds is 4. The second-order valence-corrected chi connectivity index (χ2v) is 8.43. The summed E-state index contributed by atoms with van der Waals surface area (Å²) in [6.45, 7) is 3.22. The number of benzene rings is 1. The highest BCUT2D eigenvalue weighted by molar-refractivity contribution is 5.91. The van der Waals surface area contributed by atoms with Gasteiger partial charge in [0.1, 0.15) is 5.82 Å². The van der Waals surface area contributed by atoms with E-state index in [-0.39, 0.29) is 17.3 Å². The lowest BCUT2D eigenvalue weighted by atomic mass is 9.87. The van der Waals surface area contributed by atoms with E-state index in [2.05, 4.69) is 9.88 Å². The van der Waals surface area contributed by atoms with E-state index in [1.54, 1.807) is 17.0 Å². The van der Waals surface area contributed by atoms with Crippen LogP contribution in [0.15, 0.2) is 34.9 Å². The Morgan fingerprint density at radius 2 is 2.00 bits per heavy atom. The maximum atomic E-state index is 13.6. The number of halogens is 1. The second kappa shape index (κ2) is 8.14. The summed E-state index contributed by atoms with van der Waals surface area (Å²) in [5.41, 5.74) is 1.11. The lowest BCUT2D eigenvalue weighted by molar-refractivity contribution is 0.0708. The van der Waals surface area contributed by atoms with Gasteiger partial charge in [0.25, 0.3) is 11.9 Å². The molecule has 0 bridgehead atoms. The van der Waals surface area contributed by atoms with Gasteiger partial charge in [-0.05, 0) is 56.3 Å². The van der Waals surface area contributed by atoms with Gasteiger partial charge < -0.3 is 14.2 Å². The number of carbonyl (C=O) groups is 1. The third-order valence-electron chi connectivity index (χ3n) is 6.29. The van der Waals surface area contributed by atoms with Crippen molar-refractivity contribution in [3.8, 4) is 0 Å². The van der Waals surface area contributed by atoms with Gasteiger partial charge >= 0.3 is 0 Å². The van der Waals surface area contributed by atoms with E-state index in [1.807, 2.05) is 25.1 Å². The van der Waals surface area contributed by atoms with Crippen molar-refractivity contribution in [2.45, 2.75) is 44.2 Å². The zero-order chi connectivity index (χ0) is 20.4. The van der Waals surface area contributed by atoms with Gasteiger partial charge in [-0.15, -0.1) is 0 Å². The molecule has 3 heterocycles. The van der Waals surface area contributed by atoms with Crippen LogP contribution in [0.2, 0.25) is 0 Å². The topological polar surface area (TPSA) is 52.8 Å². The van der Waals surface area contributed by atoms with Gasteiger partial charge in [-0.1, -0.05) is 12.1 Å². The molecule has 4 rings (SSSR count). The van der Waals surface area contributed by atoms with E-state index in [0.29, 0.717) is 18.3 Å². The zero-order valence-electron chi connectivity index (χ0n) is 17.2. The molecular formula is C22H29FN4O2. The first kappa shape index (κ1) is 19.9. The smallest absolute Gasteiger partial charge is 0.297 e. The van der Waals surface area contributed by atoms with Crippen LogP contribution < -0.4 is 4.90 Å². The second-order valence-electron chi connectivity index (χ2n) is 8.43. The number of carbonyl (C=O) groups excluding carboxylic acids is 1. The summed E-state index contributed by atoms with van der Waals surface area (Å²) < 4.78 is 19.2. The minimum absolute atomic E-state index is 0.0858. The monoisotopic (exact) mass is 400 g/mol. The molecule has 1 amide bonds. The standard InChI is InChI=1S/C22H29FN4O2/c1-25(2)21-24-15-19(29-21)20(28)26-11-4-8-22(10-13-26)9-5-12-27(22)16-17-6-3-7-18(23)14-17/h3,6-7,14-15H,4-5,8-13,16H2,1-2H3/t22-/m0/s1. The van der Waals surface area contributed by atoms with Crippen molar-refractivity contribution in [1.82, 2.24) is 14.8 Å². The highest BCUT2D eigenvalue weighted by atomic mass is 19.1. The Labute approximate surface area is 171 Å². The average Bonchev–Trinajstić information content (AvgIpc) is 3.26. The van der Waals surface area contributed by atoms with Crippen LogP contribution >= 0.6 is 0 Å². The maximum Gasteiger partial charge on any atom is 0.297 e. The summed E-state index contributed by atoms with van der Waals surface area (Å²) in [6.07, 6.45) is 6.76. The van der Waals surface area contributed by atoms with Crippen LogP contribution in [0, 0.1) is 5.82 Å². The largest absolute Gasteiger partial charge is 0.418 e. The van der Waals surface area contributed by atoms with Gasteiger partial charge in [-0.3, -0.25) is 9.69 Å². The van der Waals surface area contributed by atoms with Crippen molar-refractivity contribution >= 4 is 11.9 Å². The van der Waals surface area contributed by atoms with Crippen LogP contribution in [0.3, 0.4) is 0 Å². The van der Waals surface area contributed by atoms with Crippen molar-refractivity contribution in [3.63, 3.8) is 0 Å². The minimum Gasteiger partial charge on any atom is -0.418 e. The SMILES string of the molecule is CN(C)c1ncc(C(=O)N2CCC[C@]3(CCCN3Cc3cccc(F)c3)CC2)o1. The van der Waals surface area contributed by atoms with Crippen LogP contribution in [0.1, 0.15) is 48.2 Å². The fraction of sp³-hybridized carbons (Fsp3) is 0.545. The summed E-state index contributed by atoms with van der Waals surface area (Å²) in [5.74, 6) is 0.0301. The molecule has 0 aliphatic carbocycles.